The molecule has 6 aromatic carbocycles. The zero-order chi connectivity index (χ0) is 70.3. The molecule has 12 heterocycles. The van der Waals surface area contributed by atoms with E-state index in [9.17, 15) is 0 Å². The van der Waals surface area contributed by atoms with Crippen LogP contribution in [0.25, 0.3) is 0 Å². The Labute approximate surface area is 588 Å². The Hall–Kier alpha value is -10.4. The zero-order valence-electron chi connectivity index (χ0n) is 59.0. The molecular weight excluding hydrogens is 1250 g/mol. The maximum absolute atomic E-state index is 7.32. The number of hydrogen-bond acceptors (Lipinski definition) is 12. The van der Waals surface area contributed by atoms with Gasteiger partial charge in [-0.15, -0.1) is 0 Å². The smallest absolute Gasteiger partial charge is 0.126 e. The molecule has 10 aromatic rings. The summed E-state index contributed by atoms with van der Waals surface area (Å²) in [6.45, 7) is 22.6. The number of benzene rings is 6. The molecule has 19 rings (SSSR count). The number of fused-ring (bicyclic) bond motifs is 2. The van der Waals surface area contributed by atoms with E-state index in [1.54, 1.807) is 18.2 Å². The van der Waals surface area contributed by atoms with Gasteiger partial charge >= 0.3 is 0 Å². The number of nitriles is 3. The van der Waals surface area contributed by atoms with Crippen LogP contribution in [-0.2, 0) is 61.6 Å². The van der Waals surface area contributed by atoms with Gasteiger partial charge in [0.05, 0.1) is 68.7 Å². The standard InChI is InChI=1S/C78H82N4O9.3C2H3N/c1-75(2)63-27-31-67(79-63)77(5)59-19-23-61(24-20-59)86-43-45-90-73-55-15-9-16-56(73)48-52-12-8-14-54-50-58-18-10-17-57(49-53-13-7-11-51(47-55)71(53)88-41-39-84-37-35-83-36-38-85-40-42-89-72(52)54)74(58)91-46-44-87-62-25-21-60(22-26-62)78(6,68-32-28-64(75)80-68)70-34-30-66(82-70)76(3,4)65-29-33-69(77)81-65;3*1-2-3/h7-34,79-82H,35-50H2,1-6H3;3*1H3. The summed E-state index contributed by atoms with van der Waals surface area (Å²) in [6, 6.07) is 66.3. The predicted molar refractivity (Wildman–Crippen MR) is 388 cm³/mol. The summed E-state index contributed by atoms with van der Waals surface area (Å²) < 4.78 is 59.2. The summed E-state index contributed by atoms with van der Waals surface area (Å²) in [5.41, 5.74) is 17.1. The van der Waals surface area contributed by atoms with Crippen LogP contribution < -0.4 is 28.4 Å². The number of rotatable bonds is 0. The molecule has 26 bridgehead atoms. The second-order valence-electron chi connectivity index (χ2n) is 26.6. The summed E-state index contributed by atoms with van der Waals surface area (Å²) in [7, 11) is 0. The molecule has 100 heavy (non-hydrogen) atoms. The zero-order valence-corrected chi connectivity index (χ0v) is 59.0. The first-order valence-electron chi connectivity index (χ1n) is 34.4. The van der Waals surface area contributed by atoms with Crippen molar-refractivity contribution in [3.8, 4) is 52.7 Å². The molecule has 4 aromatic heterocycles. The van der Waals surface area contributed by atoms with Crippen molar-refractivity contribution in [2.45, 2.75) is 110 Å². The largest absolute Gasteiger partial charge is 0.491 e. The van der Waals surface area contributed by atoms with E-state index in [1.165, 1.54) is 20.8 Å². The van der Waals surface area contributed by atoms with Gasteiger partial charge in [0.15, 0.2) is 0 Å². The molecule has 0 atom stereocenters. The highest BCUT2D eigenvalue weighted by Gasteiger charge is 2.41. The van der Waals surface area contributed by atoms with E-state index in [0.29, 0.717) is 105 Å². The van der Waals surface area contributed by atoms with Crippen molar-refractivity contribution < 1.29 is 42.6 Å². The lowest BCUT2D eigenvalue weighted by atomic mass is 9.76. The number of aromatic amines is 4. The van der Waals surface area contributed by atoms with E-state index in [-0.39, 0.29) is 0 Å². The average molecular weight is 1340 g/mol. The van der Waals surface area contributed by atoms with Crippen LogP contribution >= 0.6 is 0 Å². The third-order valence-electron chi connectivity index (χ3n) is 19.6. The Morgan fingerprint density at radius 2 is 0.470 bits per heavy atom. The molecule has 8 aliphatic heterocycles. The second-order valence-corrected chi connectivity index (χ2v) is 26.6. The number of nitrogens with one attached hydrogen (secondary N) is 4. The topological polar surface area (TPSA) is 218 Å². The first-order valence-corrected chi connectivity index (χ1v) is 34.4. The van der Waals surface area contributed by atoms with Crippen LogP contribution in [0.2, 0.25) is 0 Å². The van der Waals surface area contributed by atoms with E-state index >= 15 is 0 Å². The minimum absolute atomic E-state index is 0.301. The molecule has 516 valence electrons. The van der Waals surface area contributed by atoms with Gasteiger partial charge in [-0.3, -0.25) is 0 Å². The molecule has 0 amide bonds. The Morgan fingerprint density at radius 3 is 0.710 bits per heavy atom. The summed E-state index contributed by atoms with van der Waals surface area (Å²) in [6.07, 6.45) is 2.18. The molecule has 0 saturated carbocycles. The second kappa shape index (κ2) is 32.1. The minimum Gasteiger partial charge on any atom is -0.491 e. The number of aromatic nitrogens is 4. The van der Waals surface area contributed by atoms with Crippen LogP contribution in [0.4, 0.5) is 0 Å². The van der Waals surface area contributed by atoms with Crippen LogP contribution in [0, 0.1) is 34.0 Å². The van der Waals surface area contributed by atoms with Crippen molar-refractivity contribution in [1.29, 1.82) is 15.8 Å². The van der Waals surface area contributed by atoms with Crippen molar-refractivity contribution in [3.63, 3.8) is 0 Å². The van der Waals surface area contributed by atoms with Gasteiger partial charge in [0, 0.05) is 103 Å². The van der Waals surface area contributed by atoms with Gasteiger partial charge < -0.3 is 62.6 Å². The van der Waals surface area contributed by atoms with Crippen molar-refractivity contribution in [1.82, 2.24) is 19.9 Å². The lowest BCUT2D eigenvalue weighted by molar-refractivity contribution is 0.00484. The van der Waals surface area contributed by atoms with Gasteiger partial charge in [0.25, 0.3) is 0 Å². The maximum Gasteiger partial charge on any atom is 0.126 e. The summed E-state index contributed by atoms with van der Waals surface area (Å²) in [5.74, 6) is 4.76. The molecule has 4 N–H and O–H groups in total. The summed E-state index contributed by atoms with van der Waals surface area (Å²) in [5, 5.41) is 22.0. The van der Waals surface area contributed by atoms with E-state index in [4.69, 9.17) is 58.4 Å². The fourth-order valence-corrected chi connectivity index (χ4v) is 14.0. The van der Waals surface area contributed by atoms with Crippen LogP contribution in [0.3, 0.4) is 0 Å². The quantitative estimate of drug-likeness (QED) is 0.111. The van der Waals surface area contributed by atoms with Gasteiger partial charge in [-0.25, -0.2) is 0 Å². The molecule has 16 nitrogen and oxygen atoms in total. The Balaban J connectivity index is 0.00000106. The third-order valence-corrected chi connectivity index (χ3v) is 19.6. The number of ether oxygens (including phenoxy) is 9. The van der Waals surface area contributed by atoms with Crippen molar-refractivity contribution >= 4 is 0 Å². The molecule has 0 saturated heterocycles. The number of hydrogen-bond donors (Lipinski definition) is 4. The highest BCUT2D eigenvalue weighted by atomic mass is 16.6. The summed E-state index contributed by atoms with van der Waals surface area (Å²) >= 11 is 0. The van der Waals surface area contributed by atoms with Crippen LogP contribution in [0.5, 0.6) is 34.5 Å². The monoisotopic (exact) mass is 1340 g/mol. The number of nitrogens with zero attached hydrogens (tertiary/aromatic N) is 3. The third kappa shape index (κ3) is 15.2. The van der Waals surface area contributed by atoms with Crippen molar-refractivity contribution in [3.05, 3.63) is 271 Å². The normalized spacial score (nSPS) is 18.6. The van der Waals surface area contributed by atoms with Gasteiger partial charge in [-0.05, 0) is 170 Å². The van der Waals surface area contributed by atoms with Crippen molar-refractivity contribution in [2.24, 2.45) is 0 Å². The fourth-order valence-electron chi connectivity index (χ4n) is 14.0. The van der Waals surface area contributed by atoms with Crippen molar-refractivity contribution in [2.75, 3.05) is 79.3 Å². The lowest BCUT2D eigenvalue weighted by Crippen LogP contribution is -2.29. The molecule has 0 spiro atoms. The van der Waals surface area contributed by atoms with Crippen LogP contribution in [0.15, 0.2) is 170 Å². The van der Waals surface area contributed by atoms with Crippen LogP contribution in [0.1, 0.15) is 163 Å². The molecule has 16 heteroatoms. The lowest BCUT2D eigenvalue weighted by Gasteiger charge is -2.32. The maximum atomic E-state index is 7.32. The Morgan fingerprint density at radius 1 is 0.270 bits per heavy atom. The van der Waals surface area contributed by atoms with Gasteiger partial charge in [0.2, 0.25) is 0 Å². The predicted octanol–water partition coefficient (Wildman–Crippen LogP) is 16.0. The molecule has 0 radical (unpaired) electrons. The first kappa shape index (κ1) is 70.9. The number of H-pyrrole nitrogens is 4. The van der Waals surface area contributed by atoms with E-state index in [2.05, 4.69) is 231 Å². The fraction of sp³-hybridized carbons (Fsp3) is 0.345. The molecule has 0 unspecified atom stereocenters. The molecule has 0 fully saturated rings. The molecule has 9 aliphatic rings. The van der Waals surface area contributed by atoms with Gasteiger partial charge in [-0.2, -0.15) is 15.8 Å². The molecular formula is C84H91N7O9. The highest BCUT2D eigenvalue weighted by molar-refractivity contribution is 5.58. The highest BCUT2D eigenvalue weighted by Crippen LogP contribution is 2.47. The van der Waals surface area contributed by atoms with Crippen LogP contribution in [-0.4, -0.2) is 99.2 Å². The SMILES string of the molecule is CC#N.CC#N.CC#N.CC1(C)c2ccc([nH]2)C2(C)c3ccc(cc3)OCCOc3c4cccc3Cc3cccc5c3OCCOCCOCCOCCOc3c(cccc3Cc3cccc(c3OCCOc3ccc(cc3)C(C)(c3ccc1[nH]3)c1ccc([nH]1)C(C)(C)c1ccc2[nH]1)C5)C4. The Kier molecular flexibility index (Phi) is 22.7. The van der Waals surface area contributed by atoms with E-state index in [1.807, 2.05) is 0 Å². The van der Waals surface area contributed by atoms with Gasteiger partial charge in [0.1, 0.15) is 74.1 Å². The summed E-state index contributed by atoms with van der Waals surface area (Å²) in [4.78, 5) is 16.0. The average Bonchev–Trinajstić information content (AvgIpc) is 1.56. The molecule has 1 aliphatic carbocycles. The Bertz CT molecular complexity index is 4040. The van der Waals surface area contributed by atoms with E-state index in [0.717, 1.165) is 136 Å². The van der Waals surface area contributed by atoms with E-state index < -0.39 is 21.7 Å². The number of para-hydroxylation sites is 4. The van der Waals surface area contributed by atoms with Gasteiger partial charge in [-0.1, -0.05) is 97.1 Å². The minimum atomic E-state index is -0.620. The first-order chi connectivity index (χ1) is 48.6.